The Labute approximate surface area is 109 Å². The van der Waals surface area contributed by atoms with Crippen molar-refractivity contribution < 1.29 is 18.3 Å². The second kappa shape index (κ2) is 5.32. The number of anilines is 1. The molecule has 19 heavy (non-hydrogen) atoms. The summed E-state index contributed by atoms with van der Waals surface area (Å²) in [5.41, 5.74) is -1.22. The summed E-state index contributed by atoms with van der Waals surface area (Å²) in [6.07, 6.45) is 0.419. The molecule has 1 aromatic rings. The van der Waals surface area contributed by atoms with Crippen LogP contribution in [0.5, 0.6) is 0 Å². The van der Waals surface area contributed by atoms with Gasteiger partial charge in [-0.3, -0.25) is 0 Å². The second-order valence-electron chi connectivity index (χ2n) is 4.98. The molecule has 0 aliphatic heterocycles. The summed E-state index contributed by atoms with van der Waals surface area (Å²) in [5.74, 6) is -0.0467. The summed E-state index contributed by atoms with van der Waals surface area (Å²) in [5, 5.41) is 12.2. The SMILES string of the molecule is OCC1(CNc2nccc(C(F)(F)F)n2)CCCC1. The van der Waals surface area contributed by atoms with E-state index in [1.165, 1.54) is 0 Å². The van der Waals surface area contributed by atoms with Gasteiger partial charge in [-0.1, -0.05) is 12.8 Å². The fraction of sp³-hybridized carbons (Fsp3) is 0.667. The maximum absolute atomic E-state index is 12.5. The van der Waals surface area contributed by atoms with Crippen molar-refractivity contribution in [2.24, 2.45) is 5.41 Å². The Hall–Kier alpha value is -1.37. The third kappa shape index (κ3) is 3.34. The van der Waals surface area contributed by atoms with Crippen LogP contribution in [0.25, 0.3) is 0 Å². The Kier molecular flexibility index (Phi) is 3.93. The van der Waals surface area contributed by atoms with Crippen LogP contribution < -0.4 is 5.32 Å². The summed E-state index contributed by atoms with van der Waals surface area (Å²) < 4.78 is 37.5. The van der Waals surface area contributed by atoms with Crippen LogP contribution in [0.1, 0.15) is 31.4 Å². The summed E-state index contributed by atoms with van der Waals surface area (Å²) in [6.45, 7) is 0.420. The molecule has 4 nitrogen and oxygen atoms in total. The second-order valence-corrected chi connectivity index (χ2v) is 4.98. The van der Waals surface area contributed by atoms with Gasteiger partial charge in [0, 0.05) is 18.2 Å². The molecule has 0 saturated heterocycles. The van der Waals surface area contributed by atoms with Gasteiger partial charge in [0.05, 0.1) is 6.61 Å². The number of rotatable bonds is 4. The van der Waals surface area contributed by atoms with E-state index in [0.29, 0.717) is 6.54 Å². The predicted octanol–water partition coefficient (Wildman–Crippen LogP) is 2.46. The van der Waals surface area contributed by atoms with Crippen LogP contribution in [0.2, 0.25) is 0 Å². The molecule has 0 atom stereocenters. The van der Waals surface area contributed by atoms with Crippen molar-refractivity contribution in [2.45, 2.75) is 31.9 Å². The zero-order chi connectivity index (χ0) is 13.9. The van der Waals surface area contributed by atoms with Crippen LogP contribution >= 0.6 is 0 Å². The van der Waals surface area contributed by atoms with Gasteiger partial charge in [0.1, 0.15) is 5.69 Å². The number of aliphatic hydroxyl groups is 1. The van der Waals surface area contributed by atoms with Crippen LogP contribution in [0.15, 0.2) is 12.3 Å². The molecule has 0 aromatic carbocycles. The summed E-state index contributed by atoms with van der Waals surface area (Å²) in [7, 11) is 0. The molecule has 1 fully saturated rings. The van der Waals surface area contributed by atoms with Gasteiger partial charge in [-0.2, -0.15) is 13.2 Å². The van der Waals surface area contributed by atoms with E-state index >= 15 is 0 Å². The highest BCUT2D eigenvalue weighted by atomic mass is 19.4. The first kappa shape index (κ1) is 14.0. The van der Waals surface area contributed by atoms with E-state index in [2.05, 4.69) is 15.3 Å². The predicted molar refractivity (Wildman–Crippen MR) is 63.5 cm³/mol. The normalized spacial score (nSPS) is 18.5. The number of hydrogen-bond donors (Lipinski definition) is 2. The van der Waals surface area contributed by atoms with Crippen LogP contribution in [-0.4, -0.2) is 28.2 Å². The molecule has 1 saturated carbocycles. The van der Waals surface area contributed by atoms with Gasteiger partial charge in [0.2, 0.25) is 5.95 Å². The maximum Gasteiger partial charge on any atom is 0.433 e. The molecule has 0 unspecified atom stereocenters. The van der Waals surface area contributed by atoms with Crippen LogP contribution in [-0.2, 0) is 6.18 Å². The van der Waals surface area contributed by atoms with Gasteiger partial charge in [-0.15, -0.1) is 0 Å². The molecule has 0 bridgehead atoms. The van der Waals surface area contributed by atoms with Crippen molar-refractivity contribution in [1.29, 1.82) is 0 Å². The summed E-state index contributed by atoms with van der Waals surface area (Å²) in [6, 6.07) is 0.836. The number of nitrogens with one attached hydrogen (secondary N) is 1. The molecule has 0 spiro atoms. The highest BCUT2D eigenvalue weighted by Crippen LogP contribution is 2.37. The quantitative estimate of drug-likeness (QED) is 0.886. The van der Waals surface area contributed by atoms with Crippen LogP contribution in [0.3, 0.4) is 0 Å². The smallest absolute Gasteiger partial charge is 0.396 e. The lowest BCUT2D eigenvalue weighted by Crippen LogP contribution is -2.31. The highest BCUT2D eigenvalue weighted by molar-refractivity contribution is 5.26. The van der Waals surface area contributed by atoms with Gasteiger partial charge in [-0.05, 0) is 18.9 Å². The minimum absolute atomic E-state index is 0.0267. The van der Waals surface area contributed by atoms with E-state index in [1.807, 2.05) is 0 Å². The number of halogens is 3. The molecule has 106 valence electrons. The summed E-state index contributed by atoms with van der Waals surface area (Å²) in [4.78, 5) is 7.22. The monoisotopic (exact) mass is 275 g/mol. The molecule has 0 amide bonds. The molecule has 1 aromatic heterocycles. The fourth-order valence-electron chi connectivity index (χ4n) is 2.38. The van der Waals surface area contributed by atoms with E-state index in [1.54, 1.807) is 0 Å². The van der Waals surface area contributed by atoms with Gasteiger partial charge in [0.15, 0.2) is 0 Å². The minimum atomic E-state index is -4.47. The summed E-state index contributed by atoms with van der Waals surface area (Å²) >= 11 is 0. The molecule has 0 radical (unpaired) electrons. The Bertz CT molecular complexity index is 430. The average molecular weight is 275 g/mol. The topological polar surface area (TPSA) is 58.0 Å². The maximum atomic E-state index is 12.5. The third-order valence-corrected chi connectivity index (χ3v) is 3.57. The molecule has 7 heteroatoms. The van der Waals surface area contributed by atoms with Gasteiger partial charge >= 0.3 is 6.18 Å². The lowest BCUT2D eigenvalue weighted by atomic mass is 9.87. The number of alkyl halides is 3. The fourth-order valence-corrected chi connectivity index (χ4v) is 2.38. The zero-order valence-electron chi connectivity index (χ0n) is 10.4. The molecule has 1 aliphatic carbocycles. The Morgan fingerprint density at radius 3 is 2.58 bits per heavy atom. The molecule has 2 rings (SSSR count). The van der Waals surface area contributed by atoms with Crippen molar-refractivity contribution >= 4 is 5.95 Å². The standard InChI is InChI=1S/C12H16F3N3O/c13-12(14,15)9-3-6-16-10(18-9)17-7-11(8-19)4-1-2-5-11/h3,6,19H,1-2,4-5,7-8H2,(H,16,17,18). The molecule has 1 aliphatic rings. The number of aliphatic hydroxyl groups excluding tert-OH is 1. The first-order chi connectivity index (χ1) is 8.95. The molecular formula is C12H16F3N3O. The minimum Gasteiger partial charge on any atom is -0.396 e. The number of nitrogens with zero attached hydrogens (tertiary/aromatic N) is 2. The van der Waals surface area contributed by atoms with Crippen molar-refractivity contribution in [3.05, 3.63) is 18.0 Å². The van der Waals surface area contributed by atoms with Crippen molar-refractivity contribution in [2.75, 3.05) is 18.5 Å². The highest BCUT2D eigenvalue weighted by Gasteiger charge is 2.34. The largest absolute Gasteiger partial charge is 0.433 e. The number of hydrogen-bond acceptors (Lipinski definition) is 4. The van der Waals surface area contributed by atoms with Crippen molar-refractivity contribution in [3.8, 4) is 0 Å². The molecule has 1 heterocycles. The van der Waals surface area contributed by atoms with Crippen LogP contribution in [0, 0.1) is 5.41 Å². The number of aromatic nitrogens is 2. The van der Waals surface area contributed by atoms with Crippen molar-refractivity contribution in [1.82, 2.24) is 9.97 Å². The Morgan fingerprint density at radius 2 is 2.00 bits per heavy atom. The third-order valence-electron chi connectivity index (χ3n) is 3.57. The van der Waals surface area contributed by atoms with Gasteiger partial charge in [-0.25, -0.2) is 9.97 Å². The first-order valence-corrected chi connectivity index (χ1v) is 6.20. The Balaban J connectivity index is 2.03. The van der Waals surface area contributed by atoms with Gasteiger partial charge in [0.25, 0.3) is 0 Å². The lowest BCUT2D eigenvalue weighted by molar-refractivity contribution is -0.141. The van der Waals surface area contributed by atoms with Crippen molar-refractivity contribution in [3.63, 3.8) is 0 Å². The average Bonchev–Trinajstić information content (AvgIpc) is 2.85. The van der Waals surface area contributed by atoms with E-state index in [0.717, 1.165) is 37.9 Å². The first-order valence-electron chi connectivity index (χ1n) is 6.20. The zero-order valence-corrected chi connectivity index (χ0v) is 10.4. The molecule has 2 N–H and O–H groups in total. The van der Waals surface area contributed by atoms with Crippen LogP contribution in [0.4, 0.5) is 19.1 Å². The Morgan fingerprint density at radius 1 is 1.32 bits per heavy atom. The van der Waals surface area contributed by atoms with E-state index in [9.17, 15) is 18.3 Å². The molecular weight excluding hydrogens is 259 g/mol. The van der Waals surface area contributed by atoms with E-state index in [-0.39, 0.29) is 18.0 Å². The van der Waals surface area contributed by atoms with Gasteiger partial charge < -0.3 is 10.4 Å². The lowest BCUT2D eigenvalue weighted by Gasteiger charge is -2.26. The van der Waals surface area contributed by atoms with E-state index < -0.39 is 11.9 Å². The van der Waals surface area contributed by atoms with E-state index in [4.69, 9.17) is 0 Å².